The number of halogens is 4. The van der Waals surface area contributed by atoms with Crippen molar-refractivity contribution in [2.24, 2.45) is 0 Å². The molecule has 6 heavy (non-hydrogen) atoms. The molecule has 0 heterocycles. The van der Waals surface area contributed by atoms with Crippen LogP contribution in [0.3, 0.4) is 0 Å². The van der Waals surface area contributed by atoms with E-state index in [2.05, 4.69) is 0 Å². The van der Waals surface area contributed by atoms with Crippen molar-refractivity contribution in [1.29, 1.82) is 0 Å². The largest absolute Gasteiger partial charge is 4.00 e. The van der Waals surface area contributed by atoms with Crippen LogP contribution in [0.4, 0.5) is 10.5 Å². The van der Waals surface area contributed by atoms with Gasteiger partial charge in [0.05, 0.1) is 0 Å². The quantitative estimate of drug-likeness (QED) is 0.580. The van der Waals surface area contributed by atoms with Crippen molar-refractivity contribution in [1.82, 2.24) is 0 Å². The zero-order valence-electron chi connectivity index (χ0n) is 2.51. The predicted octanol–water partition coefficient (Wildman–Crippen LogP) is 1.68. The van der Waals surface area contributed by atoms with E-state index in [1.807, 2.05) is 0 Å². The molecule has 0 aliphatic heterocycles. The molecule has 0 aromatic rings. The van der Waals surface area contributed by atoms with Gasteiger partial charge in [-0.1, -0.05) is 0 Å². The van der Waals surface area contributed by atoms with Crippen molar-refractivity contribution in [3.05, 3.63) is 0 Å². The third-order valence-electron chi connectivity index (χ3n) is 0. The van der Waals surface area contributed by atoms with Crippen LogP contribution in [-0.2, 0) is 48.9 Å². The minimum Gasteiger partial charge on any atom is 4.00 e. The van der Waals surface area contributed by atoms with E-state index in [1.165, 1.54) is 0 Å². The van der Waals surface area contributed by atoms with Gasteiger partial charge in [-0.25, -0.2) is 0 Å². The third-order valence-corrected chi connectivity index (χ3v) is 0. The average molecular weight is 258 g/mol. The molecular weight excluding hydrogens is 258 g/mol. The second-order valence-electron chi connectivity index (χ2n) is 0.429. The molecule has 0 aromatic heterocycles. The summed E-state index contributed by atoms with van der Waals surface area (Å²) in [5.41, 5.74) is 0. The van der Waals surface area contributed by atoms with Crippen molar-refractivity contribution in [2.75, 3.05) is 0 Å². The van der Waals surface area contributed by atoms with Crippen LogP contribution < -0.4 is 0 Å². The molecule has 0 N–H and O–H groups in total. The van der Waals surface area contributed by atoms with Gasteiger partial charge in [0.1, 0.15) is 0 Å². The molecule has 0 atom stereocenters. The molecule has 0 unspecified atom stereocenters. The van der Waals surface area contributed by atoms with Gasteiger partial charge in [-0.15, -0.1) is 0 Å². The number of hydrogen-bond donors (Lipinski definition) is 0. The monoisotopic (exact) mass is 256 g/mol. The van der Waals surface area contributed by atoms with Gasteiger partial charge in [-0.3, -0.25) is 0 Å². The predicted molar refractivity (Wildman–Crippen MR) is 4.43 cm³/mol. The van der Waals surface area contributed by atoms with Crippen molar-refractivity contribution >= 4 is 0 Å². The fourth-order valence-electron chi connectivity index (χ4n) is 0. The molecule has 0 fully saturated rings. The van der Waals surface area contributed by atoms with Crippen LogP contribution in [0.2, 0.25) is 0 Å². The second kappa shape index (κ2) is 3.48. The molecule has 0 aliphatic carbocycles. The minimum atomic E-state index is -7.18. The van der Waals surface area contributed by atoms with Crippen molar-refractivity contribution in [2.45, 2.75) is 0 Å². The van der Waals surface area contributed by atoms with Crippen LogP contribution in [0.15, 0.2) is 0 Å². The Balaban J connectivity index is 0. The summed E-state index contributed by atoms with van der Waals surface area (Å²) < 4.78 is 39.6. The molecule has 0 saturated heterocycles. The van der Waals surface area contributed by atoms with Gasteiger partial charge in [-0.2, -0.15) is 0 Å². The van der Waals surface area contributed by atoms with Crippen molar-refractivity contribution < 1.29 is 59.4 Å². The average Bonchev–Trinajstić information content (AvgIpc) is 0.722. The van der Waals surface area contributed by atoms with Crippen LogP contribution in [0.1, 0.15) is 0 Å². The van der Waals surface area contributed by atoms with E-state index in [0.29, 0.717) is 0 Å². The topological polar surface area (TPSA) is 0 Å². The van der Waals surface area contributed by atoms with Gasteiger partial charge < -0.3 is 0 Å². The molecule has 0 saturated carbocycles. The van der Waals surface area contributed by atoms with E-state index in [1.54, 1.807) is 0 Å². The summed E-state index contributed by atoms with van der Waals surface area (Å²) in [5.74, 6) is 0. The summed E-state index contributed by atoms with van der Waals surface area (Å²) in [5, 5.41) is 0. The summed E-state index contributed by atoms with van der Waals surface area (Å²) in [4.78, 5) is 0. The summed E-state index contributed by atoms with van der Waals surface area (Å²) in [6.45, 7) is 0. The van der Waals surface area contributed by atoms with Crippen molar-refractivity contribution in [3.63, 3.8) is 0 Å². The first-order valence-corrected chi connectivity index (χ1v) is 4.47. The first-order valence-electron chi connectivity index (χ1n) is 0.756. The molecule has 32 valence electrons. The SMILES string of the molecule is [F][Zr]([F])([F])[F].[Zr+4]. The first-order chi connectivity index (χ1) is 2.00. The maximum Gasteiger partial charge on any atom is 4.00 e. The van der Waals surface area contributed by atoms with E-state index < -0.39 is 22.7 Å². The van der Waals surface area contributed by atoms with Crippen LogP contribution in [0, 0.1) is 0 Å². The Morgan fingerprint density at radius 3 is 0.833 bits per heavy atom. The van der Waals surface area contributed by atoms with Gasteiger partial charge >= 0.3 is 59.4 Å². The Morgan fingerprint density at radius 2 is 0.833 bits per heavy atom. The molecule has 0 aromatic carbocycles. The summed E-state index contributed by atoms with van der Waals surface area (Å²) >= 11 is -7.18. The van der Waals surface area contributed by atoms with Crippen molar-refractivity contribution in [3.8, 4) is 0 Å². The van der Waals surface area contributed by atoms with Crippen LogP contribution >= 0.6 is 0 Å². The fourth-order valence-corrected chi connectivity index (χ4v) is 0. The Morgan fingerprint density at radius 1 is 0.833 bits per heavy atom. The molecular formula is F4Zr2+4. The third kappa shape index (κ3) is 50.0. The van der Waals surface area contributed by atoms with Crippen LogP contribution in [-0.4, -0.2) is 0 Å². The smallest absolute Gasteiger partial charge is 4.00 e. The summed E-state index contributed by atoms with van der Waals surface area (Å²) in [6.07, 6.45) is 0. The maximum absolute atomic E-state index is 9.90. The zero-order chi connectivity index (χ0) is 4.50. The van der Waals surface area contributed by atoms with E-state index in [4.69, 9.17) is 0 Å². The van der Waals surface area contributed by atoms with Gasteiger partial charge in [0.25, 0.3) is 0 Å². The molecule has 0 rings (SSSR count). The summed E-state index contributed by atoms with van der Waals surface area (Å²) in [7, 11) is 0. The van der Waals surface area contributed by atoms with E-state index in [-0.39, 0.29) is 26.2 Å². The second-order valence-corrected chi connectivity index (χ2v) is 2.54. The first kappa shape index (κ1) is 10.5. The normalized spacial score (nSPS) is 10.0. The van der Waals surface area contributed by atoms with E-state index in [0.717, 1.165) is 0 Å². The Hall–Kier alpha value is 1.49. The Bertz CT molecular complexity index is 21.0. The Kier molecular flexibility index (Phi) is 6.08. The molecule has 0 nitrogen and oxygen atoms in total. The molecule has 0 radical (unpaired) electrons. The number of hydrogen-bond acceptors (Lipinski definition) is 0. The summed E-state index contributed by atoms with van der Waals surface area (Å²) in [6, 6.07) is 0. The van der Waals surface area contributed by atoms with E-state index in [9.17, 15) is 10.5 Å². The Labute approximate surface area is 59.0 Å². The maximum atomic E-state index is 9.90. The van der Waals surface area contributed by atoms with Gasteiger partial charge in [0.15, 0.2) is 0 Å². The minimum absolute atomic E-state index is 0. The molecule has 6 heteroatoms. The van der Waals surface area contributed by atoms with E-state index >= 15 is 0 Å². The van der Waals surface area contributed by atoms with Crippen LogP contribution in [0.5, 0.6) is 0 Å². The standard InChI is InChI=1S/4FH.2Zr/h4*1H;;/q;;;;2*+4/p-4. The van der Waals surface area contributed by atoms with Gasteiger partial charge in [-0.05, 0) is 0 Å². The van der Waals surface area contributed by atoms with Gasteiger partial charge in [0, 0.05) is 0 Å². The molecule has 0 spiro atoms. The van der Waals surface area contributed by atoms with Crippen LogP contribution in [0.25, 0.3) is 0 Å². The fraction of sp³-hybridized carbons (Fsp3) is 0. The molecule has 0 aliphatic rings. The zero-order valence-corrected chi connectivity index (χ0v) is 7.43. The van der Waals surface area contributed by atoms with Gasteiger partial charge in [0.2, 0.25) is 0 Å². The molecule has 0 amide bonds. The molecule has 0 bridgehead atoms. The number of rotatable bonds is 0.